The molecule has 0 saturated heterocycles. The maximum atomic E-state index is 13.5. The lowest BCUT2D eigenvalue weighted by molar-refractivity contribution is 0.103. The third kappa shape index (κ3) is 2.43. The molecule has 1 nitrogen and oxygen atoms in total. The molecule has 18 heavy (non-hydrogen) atoms. The van der Waals surface area contributed by atoms with Gasteiger partial charge in [-0.3, -0.25) is 4.79 Å². The summed E-state index contributed by atoms with van der Waals surface area (Å²) in [5.41, 5.74) is 0.144. The number of carbonyl (C=O) groups is 1. The van der Waals surface area contributed by atoms with Crippen LogP contribution in [-0.2, 0) is 0 Å². The third-order valence-corrected chi connectivity index (χ3v) is 3.32. The Bertz CT molecular complexity index is 596. The fourth-order valence-electron chi connectivity index (χ4n) is 1.65. The highest BCUT2D eigenvalue weighted by atomic mass is 32.2. The second-order valence-electron chi connectivity index (χ2n) is 3.65. The largest absolute Gasteiger partial charge is 0.288 e. The normalized spacial score (nSPS) is 10.4. The Kier molecular flexibility index (Phi) is 3.77. The van der Waals surface area contributed by atoms with Crippen LogP contribution >= 0.6 is 11.8 Å². The molecule has 2 aromatic rings. The van der Waals surface area contributed by atoms with Gasteiger partial charge in [0.2, 0.25) is 0 Å². The maximum absolute atomic E-state index is 13.5. The van der Waals surface area contributed by atoms with E-state index >= 15 is 0 Å². The first-order valence-electron chi connectivity index (χ1n) is 5.26. The lowest BCUT2D eigenvalue weighted by atomic mass is 10.0. The van der Waals surface area contributed by atoms with Gasteiger partial charge >= 0.3 is 0 Å². The quantitative estimate of drug-likeness (QED) is 0.617. The van der Waals surface area contributed by atoms with Crippen molar-refractivity contribution in [3.63, 3.8) is 0 Å². The van der Waals surface area contributed by atoms with Crippen LogP contribution in [0.25, 0.3) is 0 Å². The smallest absolute Gasteiger partial charge is 0.197 e. The lowest BCUT2D eigenvalue weighted by Crippen LogP contribution is -2.06. The van der Waals surface area contributed by atoms with Crippen molar-refractivity contribution < 1.29 is 13.6 Å². The highest BCUT2D eigenvalue weighted by Gasteiger charge is 2.17. The predicted molar refractivity (Wildman–Crippen MR) is 68.0 cm³/mol. The summed E-state index contributed by atoms with van der Waals surface area (Å²) in [6.07, 6.45) is 1.83. The van der Waals surface area contributed by atoms with Crippen molar-refractivity contribution in [3.8, 4) is 0 Å². The molecule has 0 spiro atoms. The van der Waals surface area contributed by atoms with Gasteiger partial charge in [-0.15, -0.1) is 11.8 Å². The molecule has 0 aliphatic rings. The van der Waals surface area contributed by atoms with Crippen molar-refractivity contribution in [3.05, 3.63) is 65.2 Å². The standard InChI is InChI=1S/C14H10F2OS/c1-18-13-5-3-2-4-10(13)14(17)11-8-9(15)6-7-12(11)16/h2-8H,1H3. The monoisotopic (exact) mass is 264 g/mol. The van der Waals surface area contributed by atoms with E-state index in [1.165, 1.54) is 11.8 Å². The van der Waals surface area contributed by atoms with E-state index in [1.807, 2.05) is 6.26 Å². The Morgan fingerprint density at radius 2 is 1.78 bits per heavy atom. The molecule has 0 aliphatic heterocycles. The summed E-state index contributed by atoms with van der Waals surface area (Å²) >= 11 is 1.39. The number of ketones is 1. The summed E-state index contributed by atoms with van der Waals surface area (Å²) in [5, 5.41) is 0. The Morgan fingerprint density at radius 1 is 1.06 bits per heavy atom. The van der Waals surface area contributed by atoms with E-state index in [-0.39, 0.29) is 5.56 Å². The van der Waals surface area contributed by atoms with E-state index in [1.54, 1.807) is 24.3 Å². The highest BCUT2D eigenvalue weighted by Crippen LogP contribution is 2.24. The minimum atomic E-state index is -0.711. The molecule has 2 rings (SSSR count). The highest BCUT2D eigenvalue weighted by molar-refractivity contribution is 7.98. The molecule has 0 saturated carbocycles. The first-order chi connectivity index (χ1) is 8.63. The first kappa shape index (κ1) is 12.8. The Morgan fingerprint density at radius 3 is 2.50 bits per heavy atom. The van der Waals surface area contributed by atoms with Gasteiger partial charge in [0.25, 0.3) is 0 Å². The van der Waals surface area contributed by atoms with Crippen LogP contribution in [0.1, 0.15) is 15.9 Å². The van der Waals surface area contributed by atoms with Crippen molar-refractivity contribution >= 4 is 17.5 Å². The molecule has 0 amide bonds. The molecule has 0 aliphatic carbocycles. The fraction of sp³-hybridized carbons (Fsp3) is 0.0714. The number of carbonyl (C=O) groups excluding carboxylic acids is 1. The molecule has 0 heterocycles. The molecule has 0 bridgehead atoms. The minimum absolute atomic E-state index is 0.239. The molecule has 0 unspecified atom stereocenters. The van der Waals surface area contributed by atoms with Crippen LogP contribution in [-0.4, -0.2) is 12.0 Å². The zero-order valence-electron chi connectivity index (χ0n) is 9.61. The molecule has 92 valence electrons. The molecule has 0 fully saturated rings. The van der Waals surface area contributed by atoms with Crippen LogP contribution < -0.4 is 0 Å². The topological polar surface area (TPSA) is 17.1 Å². The van der Waals surface area contributed by atoms with E-state index in [0.717, 1.165) is 23.1 Å². The van der Waals surface area contributed by atoms with Gasteiger partial charge in [0.1, 0.15) is 11.6 Å². The molecule has 0 N–H and O–H groups in total. The summed E-state index contributed by atoms with van der Waals surface area (Å²) in [7, 11) is 0. The van der Waals surface area contributed by atoms with E-state index in [4.69, 9.17) is 0 Å². The zero-order valence-corrected chi connectivity index (χ0v) is 10.4. The first-order valence-corrected chi connectivity index (χ1v) is 6.48. The lowest BCUT2D eigenvalue weighted by Gasteiger charge is -2.07. The maximum Gasteiger partial charge on any atom is 0.197 e. The number of rotatable bonds is 3. The summed E-state index contributed by atoms with van der Waals surface area (Å²) in [6.45, 7) is 0. The van der Waals surface area contributed by atoms with Gasteiger partial charge in [0, 0.05) is 10.5 Å². The van der Waals surface area contributed by atoms with Crippen molar-refractivity contribution in [2.45, 2.75) is 4.90 Å². The molecule has 0 atom stereocenters. The van der Waals surface area contributed by atoms with Gasteiger partial charge in [-0.1, -0.05) is 12.1 Å². The third-order valence-electron chi connectivity index (χ3n) is 2.52. The van der Waals surface area contributed by atoms with Crippen LogP contribution in [0.4, 0.5) is 8.78 Å². The Hall–Kier alpha value is -1.68. The van der Waals surface area contributed by atoms with Gasteiger partial charge in [0.05, 0.1) is 5.56 Å². The van der Waals surface area contributed by atoms with Crippen LogP contribution in [0.5, 0.6) is 0 Å². The zero-order chi connectivity index (χ0) is 13.1. The fourth-order valence-corrected chi connectivity index (χ4v) is 2.24. The predicted octanol–water partition coefficient (Wildman–Crippen LogP) is 3.92. The van der Waals surface area contributed by atoms with Crippen molar-refractivity contribution in [1.29, 1.82) is 0 Å². The van der Waals surface area contributed by atoms with E-state index < -0.39 is 17.4 Å². The number of hydrogen-bond acceptors (Lipinski definition) is 2. The summed E-state index contributed by atoms with van der Waals surface area (Å²) in [4.78, 5) is 12.9. The van der Waals surface area contributed by atoms with Gasteiger partial charge in [-0.05, 0) is 36.6 Å². The van der Waals surface area contributed by atoms with Crippen LogP contribution in [0.3, 0.4) is 0 Å². The average molecular weight is 264 g/mol. The van der Waals surface area contributed by atoms with Gasteiger partial charge in [-0.25, -0.2) is 8.78 Å². The number of halogens is 2. The average Bonchev–Trinajstić information content (AvgIpc) is 2.40. The summed E-state index contributed by atoms with van der Waals surface area (Å²) in [6, 6.07) is 9.76. The summed E-state index contributed by atoms with van der Waals surface area (Å²) < 4.78 is 26.6. The molecular weight excluding hydrogens is 254 g/mol. The van der Waals surface area contributed by atoms with E-state index in [2.05, 4.69) is 0 Å². The van der Waals surface area contributed by atoms with E-state index in [0.29, 0.717) is 5.56 Å². The van der Waals surface area contributed by atoms with Crippen LogP contribution in [0, 0.1) is 11.6 Å². The van der Waals surface area contributed by atoms with Crippen LogP contribution in [0.2, 0.25) is 0 Å². The number of thioether (sulfide) groups is 1. The molecular formula is C14H10F2OS. The number of benzene rings is 2. The van der Waals surface area contributed by atoms with Gasteiger partial charge < -0.3 is 0 Å². The molecule has 0 aromatic heterocycles. The van der Waals surface area contributed by atoms with Crippen LogP contribution in [0.15, 0.2) is 47.4 Å². The molecule has 4 heteroatoms. The minimum Gasteiger partial charge on any atom is -0.288 e. The Labute approximate surface area is 108 Å². The van der Waals surface area contributed by atoms with Crippen molar-refractivity contribution in [2.75, 3.05) is 6.26 Å². The molecule has 2 aromatic carbocycles. The second kappa shape index (κ2) is 5.31. The van der Waals surface area contributed by atoms with Gasteiger partial charge in [0.15, 0.2) is 5.78 Å². The number of hydrogen-bond donors (Lipinski definition) is 0. The second-order valence-corrected chi connectivity index (χ2v) is 4.50. The summed E-state index contributed by atoms with van der Waals surface area (Å²) in [5.74, 6) is -1.84. The van der Waals surface area contributed by atoms with Crippen molar-refractivity contribution in [1.82, 2.24) is 0 Å². The van der Waals surface area contributed by atoms with E-state index in [9.17, 15) is 13.6 Å². The SMILES string of the molecule is CSc1ccccc1C(=O)c1cc(F)ccc1F. The molecule has 0 radical (unpaired) electrons. The van der Waals surface area contributed by atoms with Crippen molar-refractivity contribution in [2.24, 2.45) is 0 Å². The Balaban J connectivity index is 2.51. The van der Waals surface area contributed by atoms with Gasteiger partial charge in [-0.2, -0.15) is 0 Å².